The topological polar surface area (TPSA) is 251 Å². The third-order valence-corrected chi connectivity index (χ3v) is 13.7. The number of imidazole rings is 1. The SMILES string of the molecule is C.Cc1noc(C)c1-c1cc(N)c(N)c(S(=O)(=O)CC2CCCC2)c1.Cc1noc(C)c1-c1cc(S(=O)(=O)CC2CCCC2)c2nc(N)[nH]c2c1.N#CBr. The Bertz CT molecular complexity index is 2330. The number of aryl methyl sites for hydroxylation is 4. The second kappa shape index (κ2) is 17.4. The number of aromatic nitrogens is 4. The quantitative estimate of drug-likeness (QED) is 0.108. The van der Waals surface area contributed by atoms with E-state index >= 15 is 0 Å². The van der Waals surface area contributed by atoms with Gasteiger partial charge in [-0.15, -0.1) is 0 Å². The Hall–Kier alpha value is -4.40. The van der Waals surface area contributed by atoms with Crippen molar-refractivity contribution in [1.29, 1.82) is 5.26 Å². The van der Waals surface area contributed by atoms with Gasteiger partial charge in [0.1, 0.15) is 22.0 Å². The van der Waals surface area contributed by atoms with Gasteiger partial charge >= 0.3 is 0 Å². The number of anilines is 3. The molecule has 2 aliphatic rings. The summed E-state index contributed by atoms with van der Waals surface area (Å²) in [5, 5.41) is 15.1. The molecule has 0 aliphatic heterocycles. The summed E-state index contributed by atoms with van der Waals surface area (Å²) in [5.41, 5.74) is 23.6. The van der Waals surface area contributed by atoms with E-state index in [1.165, 1.54) is 0 Å². The van der Waals surface area contributed by atoms with Gasteiger partial charge in [-0.1, -0.05) is 43.4 Å². The summed E-state index contributed by atoms with van der Waals surface area (Å²) in [6.07, 6.45) is 8.24. The van der Waals surface area contributed by atoms with Crippen LogP contribution < -0.4 is 17.2 Å². The number of sulfone groups is 2. The number of hydrogen-bond donors (Lipinski definition) is 4. The number of aromatic amines is 1. The van der Waals surface area contributed by atoms with Gasteiger partial charge in [0.15, 0.2) is 25.6 Å². The Morgan fingerprint density at radius 3 is 1.65 bits per heavy atom. The minimum atomic E-state index is -3.49. The van der Waals surface area contributed by atoms with Crippen molar-refractivity contribution < 1.29 is 25.9 Å². The van der Waals surface area contributed by atoms with Crippen LogP contribution in [0.15, 0.2) is 43.1 Å². The van der Waals surface area contributed by atoms with Crippen molar-refractivity contribution in [3.63, 3.8) is 0 Å². The highest BCUT2D eigenvalue weighted by Crippen LogP contribution is 2.38. The largest absolute Gasteiger partial charge is 0.397 e. The van der Waals surface area contributed by atoms with E-state index in [1.807, 2.05) is 26.8 Å². The van der Waals surface area contributed by atoms with Crippen molar-refractivity contribution in [3.05, 3.63) is 47.2 Å². The summed E-state index contributed by atoms with van der Waals surface area (Å²) in [6, 6.07) is 6.80. The third-order valence-electron chi connectivity index (χ3n) is 9.92. The summed E-state index contributed by atoms with van der Waals surface area (Å²) in [4.78, 5) is 9.09. The van der Waals surface area contributed by atoms with Crippen LogP contribution in [0.4, 0.5) is 17.3 Å². The molecule has 7 rings (SSSR count). The van der Waals surface area contributed by atoms with Crippen molar-refractivity contribution in [1.82, 2.24) is 20.3 Å². The molecule has 0 unspecified atom stereocenters. The average molecular weight is 846 g/mol. The van der Waals surface area contributed by atoms with Crippen molar-refractivity contribution in [2.75, 3.05) is 28.7 Å². The van der Waals surface area contributed by atoms with Crippen LogP contribution in [-0.4, -0.2) is 48.6 Å². The van der Waals surface area contributed by atoms with E-state index < -0.39 is 19.7 Å². The fourth-order valence-electron chi connectivity index (χ4n) is 7.48. The minimum absolute atomic E-state index is 0. The molecular weight excluding hydrogens is 796 g/mol. The molecule has 3 aromatic heterocycles. The Kier molecular flexibility index (Phi) is 13.6. The molecule has 0 bridgehead atoms. The Morgan fingerprint density at radius 2 is 1.20 bits per heavy atom. The van der Waals surface area contributed by atoms with Gasteiger partial charge in [-0.3, -0.25) is 0 Å². The first-order valence-electron chi connectivity index (χ1n) is 17.4. The first kappa shape index (κ1) is 42.3. The van der Waals surface area contributed by atoms with Gasteiger partial charge in [0, 0.05) is 27.1 Å². The van der Waals surface area contributed by atoms with Crippen LogP contribution in [0.1, 0.15) is 81.7 Å². The Labute approximate surface area is 325 Å². The molecule has 0 radical (unpaired) electrons. The van der Waals surface area contributed by atoms with E-state index in [1.54, 1.807) is 30.1 Å². The predicted octanol–water partition coefficient (Wildman–Crippen LogP) is 7.97. The molecule has 3 heterocycles. The van der Waals surface area contributed by atoms with Crippen LogP contribution in [0.25, 0.3) is 33.3 Å². The molecule has 5 aromatic rings. The van der Waals surface area contributed by atoms with E-state index in [0.717, 1.165) is 68.1 Å². The third kappa shape index (κ3) is 9.27. The number of nitriles is 1. The smallest absolute Gasteiger partial charge is 0.198 e. The summed E-state index contributed by atoms with van der Waals surface area (Å²) >= 11 is 2.45. The minimum Gasteiger partial charge on any atom is -0.397 e. The number of nitrogen functional groups attached to an aromatic ring is 3. The molecule has 2 aromatic carbocycles. The van der Waals surface area contributed by atoms with Crippen LogP contribution in [0, 0.1) is 49.8 Å². The second-order valence-electron chi connectivity index (χ2n) is 13.8. The summed E-state index contributed by atoms with van der Waals surface area (Å²) in [7, 11) is -6.98. The van der Waals surface area contributed by atoms with Gasteiger partial charge in [0.2, 0.25) is 0 Å². The van der Waals surface area contributed by atoms with E-state index in [9.17, 15) is 16.8 Å². The molecule has 54 heavy (non-hydrogen) atoms. The van der Waals surface area contributed by atoms with Gasteiger partial charge in [-0.25, -0.2) is 21.8 Å². The van der Waals surface area contributed by atoms with Gasteiger partial charge in [0.25, 0.3) is 0 Å². The Morgan fingerprint density at radius 1 is 0.778 bits per heavy atom. The molecule has 0 atom stereocenters. The number of H-pyrrole nitrogens is 1. The molecule has 0 spiro atoms. The zero-order valence-electron chi connectivity index (χ0n) is 30.2. The highest BCUT2D eigenvalue weighted by atomic mass is 79.9. The monoisotopic (exact) mass is 844 g/mol. The number of rotatable bonds is 8. The number of benzene rings is 2. The fraction of sp³-hybridized carbons (Fsp3) is 0.459. The highest BCUT2D eigenvalue weighted by molar-refractivity contribution is 9.12. The van der Waals surface area contributed by atoms with Crippen molar-refractivity contribution in [2.24, 2.45) is 11.8 Å². The van der Waals surface area contributed by atoms with Crippen LogP contribution in [0.5, 0.6) is 0 Å². The van der Waals surface area contributed by atoms with Crippen LogP contribution in [0.3, 0.4) is 0 Å². The van der Waals surface area contributed by atoms with Crippen molar-refractivity contribution in [2.45, 2.75) is 96.3 Å². The first-order valence-corrected chi connectivity index (χ1v) is 21.5. The Balaban J connectivity index is 0.000000221. The molecule has 2 fully saturated rings. The highest BCUT2D eigenvalue weighted by Gasteiger charge is 2.29. The zero-order valence-corrected chi connectivity index (χ0v) is 33.4. The molecule has 292 valence electrons. The normalized spacial score (nSPS) is 14.9. The van der Waals surface area contributed by atoms with Crippen LogP contribution in [-0.2, 0) is 19.7 Å². The van der Waals surface area contributed by atoms with Crippen LogP contribution >= 0.6 is 15.9 Å². The van der Waals surface area contributed by atoms with Gasteiger partial charge in [-0.2, -0.15) is 5.26 Å². The standard InChI is InChI=1S/C18H22N4O3S.C17H23N3O3S.CBrN.CH4/c1-10-16(11(2)25-22-10)13-7-14-17(21-18(19)20-14)15(8-13)26(23,24)9-12-5-3-4-6-12;1-10-16(11(2)23-20-10)13-7-14(18)17(19)15(8-13)24(21,22)9-12-5-3-4-6-12;2-1-3;/h7-8,12H,3-6,9H2,1-2H3,(H3,19,20,21);7-8,12H,3-6,9,18-19H2,1-2H3;;1H4. The lowest BCUT2D eigenvalue weighted by Gasteiger charge is -2.15. The summed E-state index contributed by atoms with van der Waals surface area (Å²) in [6.45, 7) is 7.25. The molecule has 0 saturated heterocycles. The lowest BCUT2D eigenvalue weighted by Crippen LogP contribution is -2.16. The van der Waals surface area contributed by atoms with Crippen molar-refractivity contribution in [3.8, 4) is 27.2 Å². The second-order valence-corrected chi connectivity index (χ2v) is 18.2. The maximum absolute atomic E-state index is 13.2. The molecule has 2 saturated carbocycles. The first-order chi connectivity index (χ1) is 25.1. The predicted molar refractivity (Wildman–Crippen MR) is 215 cm³/mol. The maximum Gasteiger partial charge on any atom is 0.198 e. The van der Waals surface area contributed by atoms with E-state index in [2.05, 4.69) is 36.2 Å². The maximum atomic E-state index is 13.2. The summed E-state index contributed by atoms with van der Waals surface area (Å²) in [5.74, 6) is 2.17. The molecule has 2 aliphatic carbocycles. The molecule has 14 nitrogen and oxygen atoms in total. The summed E-state index contributed by atoms with van der Waals surface area (Å²) < 4.78 is 62.5. The van der Waals surface area contributed by atoms with Crippen LogP contribution in [0.2, 0.25) is 0 Å². The van der Waals surface area contributed by atoms with Gasteiger partial charge in [0.05, 0.1) is 49.6 Å². The van der Waals surface area contributed by atoms with E-state index in [-0.39, 0.29) is 57.9 Å². The van der Waals surface area contributed by atoms with Gasteiger partial charge < -0.3 is 31.2 Å². The number of nitrogens with zero attached hydrogens (tertiary/aromatic N) is 4. The number of halogens is 1. The van der Waals surface area contributed by atoms with E-state index in [0.29, 0.717) is 39.5 Å². The lowest BCUT2D eigenvalue weighted by atomic mass is 10.0. The molecule has 7 N–H and O–H groups in total. The fourth-order valence-corrected chi connectivity index (χ4v) is 11.3. The van der Waals surface area contributed by atoms with Crippen molar-refractivity contribution >= 4 is 64.0 Å². The number of nitrogens with two attached hydrogens (primary N) is 3. The van der Waals surface area contributed by atoms with Gasteiger partial charge in [-0.05, 0) is 101 Å². The average Bonchev–Trinajstić information content (AvgIpc) is 3.93. The number of hydrogen-bond acceptors (Lipinski definition) is 13. The number of nitrogens with one attached hydrogen (secondary N) is 1. The molecular formula is C37H49BrN8O6S2. The zero-order chi connectivity index (χ0) is 38.7. The lowest BCUT2D eigenvalue weighted by molar-refractivity contribution is 0.393. The van der Waals surface area contributed by atoms with E-state index in [4.69, 9.17) is 31.5 Å². The molecule has 0 amide bonds. The molecule has 17 heteroatoms. The number of fused-ring (bicyclic) bond motifs is 1.